The van der Waals surface area contributed by atoms with Crippen molar-refractivity contribution < 1.29 is 0 Å². The Kier molecular flexibility index (Phi) is 6.04. The predicted molar refractivity (Wildman–Crippen MR) is 62.9 cm³/mol. The number of aryl methyl sites for hydroxylation is 1. The molecule has 1 aromatic rings. The maximum absolute atomic E-state index is 4.02. The van der Waals surface area contributed by atoms with Crippen LogP contribution in [-0.4, -0.2) is 48.2 Å². The second-order valence-electron chi connectivity index (χ2n) is 3.91. The summed E-state index contributed by atoms with van der Waals surface area (Å²) >= 11 is 0. The van der Waals surface area contributed by atoms with Crippen LogP contribution >= 0.6 is 0 Å². The number of hydrogen-bond donors (Lipinski definition) is 1. The van der Waals surface area contributed by atoms with Crippen LogP contribution in [0.1, 0.15) is 12.8 Å². The molecule has 1 aromatic heterocycles. The normalized spacial score (nSPS) is 11.1. The van der Waals surface area contributed by atoms with E-state index in [4.69, 9.17) is 0 Å². The van der Waals surface area contributed by atoms with E-state index < -0.39 is 0 Å². The lowest BCUT2D eigenvalue weighted by Crippen LogP contribution is -2.24. The highest BCUT2D eigenvalue weighted by atomic mass is 15.1. The molecule has 4 nitrogen and oxygen atoms in total. The van der Waals surface area contributed by atoms with Gasteiger partial charge in [-0.1, -0.05) is 0 Å². The smallest absolute Gasteiger partial charge is 0.0945 e. The molecule has 0 saturated heterocycles. The highest BCUT2D eigenvalue weighted by molar-refractivity contribution is 4.73. The number of rotatable bonds is 8. The fraction of sp³-hybridized carbons (Fsp3) is 0.727. The lowest BCUT2D eigenvalue weighted by molar-refractivity contribution is 0.316. The standard InChI is InChI=1S/C11H22N4/c1-12-5-3-7-14(2)8-4-9-15-10-6-13-11-15/h6,10-12H,3-5,7-9H2,1-2H3. The Hall–Kier alpha value is -0.870. The zero-order valence-electron chi connectivity index (χ0n) is 9.82. The molecule has 0 amide bonds. The summed E-state index contributed by atoms with van der Waals surface area (Å²) in [5, 5.41) is 3.16. The van der Waals surface area contributed by atoms with Crippen molar-refractivity contribution in [2.75, 3.05) is 33.7 Å². The molecule has 86 valence electrons. The molecular weight excluding hydrogens is 188 g/mol. The highest BCUT2D eigenvalue weighted by Gasteiger charge is 1.97. The molecule has 0 atom stereocenters. The fourth-order valence-electron chi connectivity index (χ4n) is 1.58. The van der Waals surface area contributed by atoms with Gasteiger partial charge in [-0.2, -0.15) is 0 Å². The van der Waals surface area contributed by atoms with Crippen molar-refractivity contribution in [2.24, 2.45) is 0 Å². The summed E-state index contributed by atoms with van der Waals surface area (Å²) in [5.74, 6) is 0. The first-order valence-electron chi connectivity index (χ1n) is 5.62. The summed E-state index contributed by atoms with van der Waals surface area (Å²) in [6.07, 6.45) is 8.13. The molecule has 15 heavy (non-hydrogen) atoms. The van der Waals surface area contributed by atoms with E-state index in [1.807, 2.05) is 25.8 Å². The van der Waals surface area contributed by atoms with Crippen LogP contribution in [0.25, 0.3) is 0 Å². The van der Waals surface area contributed by atoms with Crippen molar-refractivity contribution in [3.63, 3.8) is 0 Å². The van der Waals surface area contributed by atoms with Gasteiger partial charge in [-0.15, -0.1) is 0 Å². The Morgan fingerprint density at radius 3 is 2.80 bits per heavy atom. The Morgan fingerprint density at radius 1 is 1.33 bits per heavy atom. The van der Waals surface area contributed by atoms with Gasteiger partial charge in [-0.3, -0.25) is 0 Å². The molecule has 0 spiro atoms. The molecule has 0 aromatic carbocycles. The van der Waals surface area contributed by atoms with Gasteiger partial charge in [-0.05, 0) is 46.6 Å². The minimum Gasteiger partial charge on any atom is -0.337 e. The van der Waals surface area contributed by atoms with Crippen LogP contribution in [0, 0.1) is 0 Å². The maximum Gasteiger partial charge on any atom is 0.0945 e. The highest BCUT2D eigenvalue weighted by Crippen LogP contribution is 1.94. The molecular formula is C11H22N4. The van der Waals surface area contributed by atoms with Gasteiger partial charge in [0.05, 0.1) is 6.33 Å². The van der Waals surface area contributed by atoms with Crippen molar-refractivity contribution in [2.45, 2.75) is 19.4 Å². The van der Waals surface area contributed by atoms with Crippen LogP contribution in [-0.2, 0) is 6.54 Å². The number of imidazole rings is 1. The molecule has 0 aliphatic rings. The molecule has 1 N–H and O–H groups in total. The van der Waals surface area contributed by atoms with Gasteiger partial charge in [0.2, 0.25) is 0 Å². The van der Waals surface area contributed by atoms with Crippen LogP contribution in [0.4, 0.5) is 0 Å². The first-order chi connectivity index (χ1) is 7.33. The number of hydrogen-bond acceptors (Lipinski definition) is 3. The summed E-state index contributed by atoms with van der Waals surface area (Å²) in [5.41, 5.74) is 0. The van der Waals surface area contributed by atoms with Crippen molar-refractivity contribution in [3.8, 4) is 0 Å². The minimum absolute atomic E-state index is 1.07. The largest absolute Gasteiger partial charge is 0.337 e. The summed E-state index contributed by atoms with van der Waals surface area (Å²) in [7, 11) is 4.18. The molecule has 0 aliphatic carbocycles. The van der Waals surface area contributed by atoms with Gasteiger partial charge in [0.25, 0.3) is 0 Å². The zero-order valence-corrected chi connectivity index (χ0v) is 9.82. The quantitative estimate of drug-likeness (QED) is 0.645. The Bertz CT molecular complexity index is 233. The van der Waals surface area contributed by atoms with E-state index in [9.17, 15) is 0 Å². The van der Waals surface area contributed by atoms with E-state index in [0.29, 0.717) is 0 Å². The van der Waals surface area contributed by atoms with Gasteiger partial charge >= 0.3 is 0 Å². The number of aromatic nitrogens is 2. The SMILES string of the molecule is CNCCCN(C)CCCn1ccnc1. The minimum atomic E-state index is 1.07. The van der Waals surface area contributed by atoms with Crippen molar-refractivity contribution in [1.82, 2.24) is 19.8 Å². The van der Waals surface area contributed by atoms with Crippen molar-refractivity contribution in [1.29, 1.82) is 0 Å². The van der Waals surface area contributed by atoms with E-state index in [1.54, 1.807) is 0 Å². The molecule has 1 rings (SSSR count). The Balaban J connectivity index is 1.99. The van der Waals surface area contributed by atoms with E-state index >= 15 is 0 Å². The number of nitrogens with one attached hydrogen (secondary N) is 1. The second kappa shape index (κ2) is 7.43. The third kappa shape index (κ3) is 5.54. The molecule has 0 aliphatic heterocycles. The molecule has 0 unspecified atom stereocenters. The van der Waals surface area contributed by atoms with Gasteiger partial charge in [0, 0.05) is 18.9 Å². The lowest BCUT2D eigenvalue weighted by atomic mass is 10.3. The summed E-state index contributed by atoms with van der Waals surface area (Å²) in [6.45, 7) is 4.49. The lowest BCUT2D eigenvalue weighted by Gasteiger charge is -2.16. The molecule has 0 fully saturated rings. The maximum atomic E-state index is 4.02. The first-order valence-corrected chi connectivity index (χ1v) is 5.62. The van der Waals surface area contributed by atoms with E-state index in [-0.39, 0.29) is 0 Å². The van der Waals surface area contributed by atoms with Crippen LogP contribution in [0.3, 0.4) is 0 Å². The predicted octanol–water partition coefficient (Wildman–Crippen LogP) is 0.814. The number of nitrogens with zero attached hydrogens (tertiary/aromatic N) is 3. The third-order valence-electron chi connectivity index (χ3n) is 2.48. The van der Waals surface area contributed by atoms with Crippen LogP contribution in [0.5, 0.6) is 0 Å². The van der Waals surface area contributed by atoms with Crippen LogP contribution in [0.15, 0.2) is 18.7 Å². The van der Waals surface area contributed by atoms with Gasteiger partial charge < -0.3 is 14.8 Å². The molecule has 0 bridgehead atoms. The van der Waals surface area contributed by atoms with Crippen LogP contribution in [0.2, 0.25) is 0 Å². The van der Waals surface area contributed by atoms with E-state index in [1.165, 1.54) is 19.4 Å². The molecule has 1 heterocycles. The molecule has 0 saturated carbocycles. The van der Waals surface area contributed by atoms with Gasteiger partial charge in [0.1, 0.15) is 0 Å². The summed E-state index contributed by atoms with van der Waals surface area (Å²) < 4.78 is 2.13. The average molecular weight is 210 g/mol. The molecule has 4 heteroatoms. The molecule has 0 radical (unpaired) electrons. The average Bonchev–Trinajstić information content (AvgIpc) is 2.71. The Morgan fingerprint density at radius 2 is 2.13 bits per heavy atom. The first kappa shape index (κ1) is 12.2. The Labute approximate surface area is 92.3 Å². The van der Waals surface area contributed by atoms with Crippen molar-refractivity contribution >= 4 is 0 Å². The monoisotopic (exact) mass is 210 g/mol. The second-order valence-corrected chi connectivity index (χ2v) is 3.91. The van der Waals surface area contributed by atoms with Crippen molar-refractivity contribution in [3.05, 3.63) is 18.7 Å². The van der Waals surface area contributed by atoms with Crippen LogP contribution < -0.4 is 5.32 Å². The van der Waals surface area contributed by atoms with Gasteiger partial charge in [0.15, 0.2) is 0 Å². The van der Waals surface area contributed by atoms with E-state index in [2.05, 4.69) is 26.8 Å². The fourth-order valence-corrected chi connectivity index (χ4v) is 1.58. The van der Waals surface area contributed by atoms with E-state index in [0.717, 1.165) is 19.6 Å². The topological polar surface area (TPSA) is 33.1 Å². The van der Waals surface area contributed by atoms with Gasteiger partial charge in [-0.25, -0.2) is 4.98 Å². The zero-order chi connectivity index (χ0) is 10.9. The summed E-state index contributed by atoms with van der Waals surface area (Å²) in [4.78, 5) is 6.40. The third-order valence-corrected chi connectivity index (χ3v) is 2.48. The summed E-state index contributed by atoms with van der Waals surface area (Å²) in [6, 6.07) is 0.